The van der Waals surface area contributed by atoms with Gasteiger partial charge >= 0.3 is 6.18 Å². The van der Waals surface area contributed by atoms with Gasteiger partial charge in [0.1, 0.15) is 12.0 Å². The Labute approximate surface area is 207 Å². The van der Waals surface area contributed by atoms with Crippen LogP contribution in [-0.2, 0) is 30.5 Å². The molecule has 1 aliphatic heterocycles. The Kier molecular flexibility index (Phi) is 8.27. The first-order valence-electron chi connectivity index (χ1n) is 11.7. The van der Waals surface area contributed by atoms with Gasteiger partial charge < -0.3 is 19.2 Å². The van der Waals surface area contributed by atoms with Crippen molar-refractivity contribution in [2.45, 2.75) is 44.8 Å². The van der Waals surface area contributed by atoms with Gasteiger partial charge in [0, 0.05) is 26.2 Å². The molecule has 1 fully saturated rings. The van der Waals surface area contributed by atoms with Gasteiger partial charge in [-0.2, -0.15) is 13.2 Å². The Morgan fingerprint density at radius 1 is 1.14 bits per heavy atom. The maximum atomic E-state index is 13.2. The number of nitrogens with zero attached hydrogens (tertiary/aromatic N) is 2. The standard InChI is InChI=1S/C26H28F3N3O4/c1-34-21-9-7-18(8-10-21)14-32(15-19-4-2-5-20(12-19)26(27,28)29)16-24-31-23(17-36-24)25(33)30-13-22-6-3-11-35-22/h2,4-5,7-10,12,17,22H,3,6,11,13-16H2,1H3,(H,30,33)/t22-/m0/s1. The van der Waals surface area contributed by atoms with Crippen LogP contribution in [0.1, 0.15) is 45.9 Å². The number of alkyl halides is 3. The van der Waals surface area contributed by atoms with E-state index in [1.165, 1.54) is 12.3 Å². The molecule has 2 aromatic carbocycles. The van der Waals surface area contributed by atoms with Crippen LogP contribution in [0.25, 0.3) is 0 Å². The number of carbonyl (C=O) groups is 1. The van der Waals surface area contributed by atoms with Crippen LogP contribution in [-0.4, -0.2) is 42.2 Å². The molecule has 0 spiro atoms. The van der Waals surface area contributed by atoms with E-state index in [0.717, 1.165) is 30.5 Å². The number of amides is 1. The van der Waals surface area contributed by atoms with Gasteiger partial charge in [-0.1, -0.05) is 30.3 Å². The third-order valence-corrected chi connectivity index (χ3v) is 5.88. The van der Waals surface area contributed by atoms with E-state index in [1.807, 2.05) is 29.2 Å². The number of hydrogen-bond acceptors (Lipinski definition) is 6. The van der Waals surface area contributed by atoms with Crippen molar-refractivity contribution in [1.29, 1.82) is 0 Å². The summed E-state index contributed by atoms with van der Waals surface area (Å²) in [4.78, 5) is 18.7. The molecule has 1 N–H and O–H groups in total. The summed E-state index contributed by atoms with van der Waals surface area (Å²) in [6, 6.07) is 12.6. The lowest BCUT2D eigenvalue weighted by Gasteiger charge is -2.22. The molecule has 1 amide bonds. The average Bonchev–Trinajstić information content (AvgIpc) is 3.55. The van der Waals surface area contributed by atoms with Crippen molar-refractivity contribution < 1.29 is 31.9 Å². The van der Waals surface area contributed by atoms with Gasteiger partial charge in [-0.3, -0.25) is 9.69 Å². The second-order valence-corrected chi connectivity index (χ2v) is 8.66. The number of hydrogen-bond donors (Lipinski definition) is 1. The Morgan fingerprint density at radius 3 is 2.61 bits per heavy atom. The van der Waals surface area contributed by atoms with E-state index in [0.29, 0.717) is 31.0 Å². The predicted octanol–water partition coefficient (Wildman–Crippen LogP) is 4.81. The molecule has 10 heteroatoms. The van der Waals surface area contributed by atoms with E-state index in [-0.39, 0.29) is 36.7 Å². The van der Waals surface area contributed by atoms with Crippen molar-refractivity contribution in [3.63, 3.8) is 0 Å². The van der Waals surface area contributed by atoms with Crippen LogP contribution in [0.15, 0.2) is 59.2 Å². The lowest BCUT2D eigenvalue weighted by atomic mass is 10.1. The average molecular weight is 504 g/mol. The summed E-state index contributed by atoms with van der Waals surface area (Å²) in [5, 5.41) is 2.80. The van der Waals surface area contributed by atoms with Gasteiger partial charge in [-0.25, -0.2) is 4.98 Å². The summed E-state index contributed by atoms with van der Waals surface area (Å²) >= 11 is 0. The molecule has 2 heterocycles. The highest BCUT2D eigenvalue weighted by molar-refractivity contribution is 5.91. The number of oxazole rings is 1. The van der Waals surface area contributed by atoms with Crippen LogP contribution in [0.2, 0.25) is 0 Å². The van der Waals surface area contributed by atoms with Gasteiger partial charge in [0.15, 0.2) is 5.69 Å². The minimum absolute atomic E-state index is 0.00720. The van der Waals surface area contributed by atoms with E-state index < -0.39 is 11.7 Å². The predicted molar refractivity (Wildman–Crippen MR) is 125 cm³/mol. The highest BCUT2D eigenvalue weighted by Crippen LogP contribution is 2.30. The smallest absolute Gasteiger partial charge is 0.416 e. The molecule has 192 valence electrons. The number of carbonyl (C=O) groups excluding carboxylic acids is 1. The number of benzene rings is 2. The zero-order valence-electron chi connectivity index (χ0n) is 19.9. The molecule has 7 nitrogen and oxygen atoms in total. The summed E-state index contributed by atoms with van der Waals surface area (Å²) in [5.74, 6) is 0.632. The molecule has 0 radical (unpaired) electrons. The molecule has 0 aliphatic carbocycles. The second kappa shape index (κ2) is 11.6. The lowest BCUT2D eigenvalue weighted by molar-refractivity contribution is -0.137. The maximum Gasteiger partial charge on any atom is 0.416 e. The number of rotatable bonds is 10. The molecule has 1 aromatic heterocycles. The number of methoxy groups -OCH3 is 1. The maximum absolute atomic E-state index is 13.2. The summed E-state index contributed by atoms with van der Waals surface area (Å²) < 4.78 is 55.9. The molecule has 0 bridgehead atoms. The number of halogens is 3. The van der Waals surface area contributed by atoms with Gasteiger partial charge in [0.25, 0.3) is 5.91 Å². The molecule has 0 unspecified atom stereocenters. The first-order valence-corrected chi connectivity index (χ1v) is 11.7. The van der Waals surface area contributed by atoms with Gasteiger partial charge in [-0.15, -0.1) is 0 Å². The quantitative estimate of drug-likeness (QED) is 0.428. The van der Waals surface area contributed by atoms with Crippen LogP contribution < -0.4 is 10.1 Å². The van der Waals surface area contributed by atoms with E-state index >= 15 is 0 Å². The minimum atomic E-state index is -4.43. The molecule has 4 rings (SSSR count). The highest BCUT2D eigenvalue weighted by atomic mass is 19.4. The van der Waals surface area contributed by atoms with Crippen molar-refractivity contribution in [1.82, 2.24) is 15.2 Å². The first kappa shape index (κ1) is 25.7. The van der Waals surface area contributed by atoms with Crippen LogP contribution in [0, 0.1) is 0 Å². The zero-order chi connectivity index (χ0) is 25.5. The number of nitrogens with one attached hydrogen (secondary N) is 1. The summed E-state index contributed by atoms with van der Waals surface area (Å²) in [7, 11) is 1.58. The molecule has 3 aromatic rings. The molecular formula is C26H28F3N3O4. The summed E-state index contributed by atoms with van der Waals surface area (Å²) in [5.41, 5.74) is 0.875. The van der Waals surface area contributed by atoms with Crippen LogP contribution in [0.5, 0.6) is 5.75 Å². The monoisotopic (exact) mass is 503 g/mol. The summed E-state index contributed by atoms with van der Waals surface area (Å²) in [6.07, 6.45) is -1.25. The van der Waals surface area contributed by atoms with E-state index in [2.05, 4.69) is 10.3 Å². The topological polar surface area (TPSA) is 76.8 Å². The Morgan fingerprint density at radius 2 is 1.92 bits per heavy atom. The van der Waals surface area contributed by atoms with Gasteiger partial charge in [0.2, 0.25) is 5.89 Å². The number of aromatic nitrogens is 1. The SMILES string of the molecule is COc1ccc(CN(Cc2cccc(C(F)(F)F)c2)Cc2nc(C(=O)NC[C@@H]3CCCO3)co2)cc1. The lowest BCUT2D eigenvalue weighted by Crippen LogP contribution is -2.32. The van der Waals surface area contributed by atoms with Crippen LogP contribution >= 0.6 is 0 Å². The molecule has 0 saturated carbocycles. The van der Waals surface area contributed by atoms with E-state index in [9.17, 15) is 18.0 Å². The Hall–Kier alpha value is -3.37. The molecule has 36 heavy (non-hydrogen) atoms. The second-order valence-electron chi connectivity index (χ2n) is 8.66. The largest absolute Gasteiger partial charge is 0.497 e. The normalized spacial score (nSPS) is 15.9. The minimum Gasteiger partial charge on any atom is -0.497 e. The third kappa shape index (κ3) is 7.08. The molecule has 1 aliphatic rings. The van der Waals surface area contributed by atoms with Crippen molar-refractivity contribution in [3.05, 3.63) is 83.1 Å². The number of ether oxygens (including phenoxy) is 2. The third-order valence-electron chi connectivity index (χ3n) is 5.88. The fourth-order valence-corrected chi connectivity index (χ4v) is 4.04. The van der Waals surface area contributed by atoms with Crippen LogP contribution in [0.4, 0.5) is 13.2 Å². The Bertz CT molecular complexity index is 1140. The van der Waals surface area contributed by atoms with Crippen molar-refractivity contribution in [2.24, 2.45) is 0 Å². The fourth-order valence-electron chi connectivity index (χ4n) is 4.04. The fraction of sp³-hybridized carbons (Fsp3) is 0.385. The Balaban J connectivity index is 1.47. The van der Waals surface area contributed by atoms with Gasteiger partial charge in [0.05, 0.1) is 25.3 Å². The van der Waals surface area contributed by atoms with E-state index in [1.54, 1.807) is 13.2 Å². The van der Waals surface area contributed by atoms with E-state index in [4.69, 9.17) is 13.9 Å². The molecular weight excluding hydrogens is 475 g/mol. The van der Waals surface area contributed by atoms with Crippen molar-refractivity contribution >= 4 is 5.91 Å². The zero-order valence-corrected chi connectivity index (χ0v) is 19.9. The molecule has 1 atom stereocenters. The first-order chi connectivity index (χ1) is 17.3. The highest BCUT2D eigenvalue weighted by Gasteiger charge is 2.30. The van der Waals surface area contributed by atoms with Crippen molar-refractivity contribution in [3.8, 4) is 5.75 Å². The van der Waals surface area contributed by atoms with Gasteiger partial charge in [-0.05, 0) is 42.2 Å². The summed E-state index contributed by atoms with van der Waals surface area (Å²) in [6.45, 7) is 1.94. The van der Waals surface area contributed by atoms with Crippen molar-refractivity contribution in [2.75, 3.05) is 20.3 Å². The van der Waals surface area contributed by atoms with Crippen LogP contribution in [0.3, 0.4) is 0 Å². The molecule has 1 saturated heterocycles.